The molecule has 2 N–H and O–H groups in total. The van der Waals surface area contributed by atoms with Crippen molar-refractivity contribution in [1.29, 1.82) is 0 Å². The topological polar surface area (TPSA) is 80.5 Å². The number of rotatable bonds is 2. The van der Waals surface area contributed by atoms with Crippen molar-refractivity contribution in [2.75, 3.05) is 13.1 Å². The van der Waals surface area contributed by atoms with Crippen molar-refractivity contribution in [3.8, 4) is 0 Å². The van der Waals surface area contributed by atoms with Crippen LogP contribution in [-0.4, -0.2) is 32.3 Å². The quantitative estimate of drug-likeness (QED) is 0.876. The van der Waals surface area contributed by atoms with E-state index in [9.17, 15) is 13.2 Å². The average Bonchev–Trinajstić information content (AvgIpc) is 2.66. The third-order valence-corrected chi connectivity index (χ3v) is 4.99. The predicted octanol–water partition coefficient (Wildman–Crippen LogP) is 2.11. The molecule has 1 aliphatic rings. The number of hydrogen-bond donors (Lipinski definition) is 1. The highest BCUT2D eigenvalue weighted by Crippen LogP contribution is 2.23. The predicted molar refractivity (Wildman–Crippen MR) is 79.9 cm³/mol. The van der Waals surface area contributed by atoms with Crippen molar-refractivity contribution in [3.05, 3.63) is 28.2 Å². The number of nitrogens with two attached hydrogens (primary N) is 1. The second-order valence-corrected chi connectivity index (χ2v) is 7.31. The van der Waals surface area contributed by atoms with Gasteiger partial charge in [-0.1, -0.05) is 12.8 Å². The molecule has 0 saturated carbocycles. The van der Waals surface area contributed by atoms with Crippen LogP contribution in [0.1, 0.15) is 36.0 Å². The second-order valence-electron chi connectivity index (χ2n) is 4.89. The van der Waals surface area contributed by atoms with Crippen LogP contribution in [0.5, 0.6) is 0 Å². The van der Waals surface area contributed by atoms with E-state index in [0.29, 0.717) is 23.1 Å². The van der Waals surface area contributed by atoms with Crippen LogP contribution in [0, 0.1) is 0 Å². The Bertz CT molecular complexity index is 608. The van der Waals surface area contributed by atoms with Crippen molar-refractivity contribution >= 4 is 31.9 Å². The van der Waals surface area contributed by atoms with Gasteiger partial charge in [-0.05, 0) is 47.0 Å². The van der Waals surface area contributed by atoms with E-state index < -0.39 is 10.0 Å². The number of sulfonamides is 1. The fourth-order valence-corrected chi connectivity index (χ4v) is 3.25. The van der Waals surface area contributed by atoms with Crippen LogP contribution in [0.25, 0.3) is 0 Å². The third-order valence-electron chi connectivity index (χ3n) is 3.39. The van der Waals surface area contributed by atoms with Crippen LogP contribution in [0.2, 0.25) is 0 Å². The maximum Gasteiger partial charge on any atom is 0.255 e. The van der Waals surface area contributed by atoms with Gasteiger partial charge in [-0.3, -0.25) is 4.79 Å². The number of hydrogen-bond acceptors (Lipinski definition) is 3. The average molecular weight is 361 g/mol. The monoisotopic (exact) mass is 360 g/mol. The van der Waals surface area contributed by atoms with E-state index in [-0.39, 0.29) is 10.8 Å². The number of carbonyl (C=O) groups excluding carboxylic acids is 1. The summed E-state index contributed by atoms with van der Waals surface area (Å²) in [6.07, 6.45) is 4.22. The van der Waals surface area contributed by atoms with Gasteiger partial charge in [0.05, 0.1) is 10.5 Å². The number of likely N-dealkylation sites (tertiary alicyclic amines) is 1. The Morgan fingerprint density at radius 2 is 1.75 bits per heavy atom. The summed E-state index contributed by atoms with van der Waals surface area (Å²) < 4.78 is 23.4. The van der Waals surface area contributed by atoms with Crippen LogP contribution in [0.4, 0.5) is 0 Å². The lowest BCUT2D eigenvalue weighted by atomic mass is 10.2. The Hall–Kier alpha value is -0.920. The minimum Gasteiger partial charge on any atom is -0.339 e. The third kappa shape index (κ3) is 3.59. The first-order valence-corrected chi connectivity index (χ1v) is 8.85. The molecule has 0 spiro atoms. The van der Waals surface area contributed by atoms with Crippen LogP contribution < -0.4 is 5.14 Å². The summed E-state index contributed by atoms with van der Waals surface area (Å²) in [6, 6.07) is 4.27. The molecule has 1 aromatic rings. The van der Waals surface area contributed by atoms with Crippen molar-refractivity contribution in [2.24, 2.45) is 5.14 Å². The van der Waals surface area contributed by atoms with Gasteiger partial charge in [0.1, 0.15) is 0 Å². The molecule has 1 saturated heterocycles. The van der Waals surface area contributed by atoms with E-state index in [1.165, 1.54) is 12.1 Å². The lowest BCUT2D eigenvalue weighted by molar-refractivity contribution is 0.0760. The van der Waals surface area contributed by atoms with E-state index >= 15 is 0 Å². The van der Waals surface area contributed by atoms with Gasteiger partial charge in [0.15, 0.2) is 0 Å². The normalized spacial score (nSPS) is 16.8. The molecular weight excluding hydrogens is 344 g/mol. The van der Waals surface area contributed by atoms with Crippen LogP contribution >= 0.6 is 15.9 Å². The Morgan fingerprint density at radius 1 is 1.15 bits per heavy atom. The molecule has 5 nitrogen and oxygen atoms in total. The highest BCUT2D eigenvalue weighted by atomic mass is 79.9. The van der Waals surface area contributed by atoms with Crippen LogP contribution in [0.15, 0.2) is 27.6 Å². The minimum atomic E-state index is -3.81. The SMILES string of the molecule is NS(=O)(=O)c1ccc(Br)c(C(=O)N2CCCCCC2)c1. The number of halogens is 1. The summed E-state index contributed by atoms with van der Waals surface area (Å²) in [7, 11) is -3.81. The number of benzene rings is 1. The molecule has 0 unspecified atom stereocenters. The van der Waals surface area contributed by atoms with Crippen LogP contribution in [-0.2, 0) is 10.0 Å². The van der Waals surface area contributed by atoms with Gasteiger partial charge in [0.25, 0.3) is 5.91 Å². The van der Waals surface area contributed by atoms with Gasteiger partial charge in [-0.25, -0.2) is 13.6 Å². The molecule has 20 heavy (non-hydrogen) atoms. The zero-order chi connectivity index (χ0) is 14.8. The van der Waals surface area contributed by atoms with Gasteiger partial charge in [0.2, 0.25) is 10.0 Å². The van der Waals surface area contributed by atoms with Crippen LogP contribution in [0.3, 0.4) is 0 Å². The molecule has 7 heteroatoms. The molecule has 0 radical (unpaired) electrons. The molecule has 1 fully saturated rings. The van der Waals surface area contributed by atoms with Crippen molar-refractivity contribution < 1.29 is 13.2 Å². The largest absolute Gasteiger partial charge is 0.339 e. The summed E-state index contributed by atoms with van der Waals surface area (Å²) in [5.41, 5.74) is 0.346. The van der Waals surface area contributed by atoms with Gasteiger partial charge in [0, 0.05) is 17.6 Å². The van der Waals surface area contributed by atoms with Crippen molar-refractivity contribution in [1.82, 2.24) is 4.90 Å². The number of nitrogens with zero attached hydrogens (tertiary/aromatic N) is 1. The molecule has 1 aromatic carbocycles. The van der Waals surface area contributed by atoms with E-state index in [1.54, 1.807) is 11.0 Å². The fraction of sp³-hybridized carbons (Fsp3) is 0.462. The molecule has 0 bridgehead atoms. The van der Waals surface area contributed by atoms with Gasteiger partial charge in [-0.15, -0.1) is 0 Å². The molecule has 0 aromatic heterocycles. The molecule has 2 rings (SSSR count). The highest BCUT2D eigenvalue weighted by molar-refractivity contribution is 9.10. The Balaban J connectivity index is 2.33. The molecule has 1 aliphatic heterocycles. The maximum atomic E-state index is 12.5. The van der Waals surface area contributed by atoms with E-state index in [4.69, 9.17) is 5.14 Å². The first kappa shape index (κ1) is 15.5. The highest BCUT2D eigenvalue weighted by Gasteiger charge is 2.21. The van der Waals surface area contributed by atoms with Crippen molar-refractivity contribution in [2.45, 2.75) is 30.6 Å². The molecule has 110 valence electrons. The summed E-state index contributed by atoms with van der Waals surface area (Å²) in [6.45, 7) is 1.43. The standard InChI is InChI=1S/C13H17BrN2O3S/c14-12-6-5-10(20(15,18)19)9-11(12)13(17)16-7-3-1-2-4-8-16/h5-6,9H,1-4,7-8H2,(H2,15,18,19). The number of carbonyl (C=O) groups is 1. The Labute approximate surface area is 127 Å². The molecular formula is C13H17BrN2O3S. The zero-order valence-corrected chi connectivity index (χ0v) is 13.4. The summed E-state index contributed by atoms with van der Waals surface area (Å²) in [4.78, 5) is 14.2. The summed E-state index contributed by atoms with van der Waals surface area (Å²) >= 11 is 3.30. The molecule has 1 amide bonds. The van der Waals surface area contributed by atoms with Gasteiger partial charge < -0.3 is 4.90 Å². The fourth-order valence-electron chi connectivity index (χ4n) is 2.29. The number of primary sulfonamides is 1. The second kappa shape index (κ2) is 6.24. The maximum absolute atomic E-state index is 12.5. The van der Waals surface area contributed by atoms with E-state index in [1.807, 2.05) is 0 Å². The summed E-state index contributed by atoms with van der Waals surface area (Å²) in [5.74, 6) is -0.149. The minimum absolute atomic E-state index is 0.0427. The molecule has 0 aliphatic carbocycles. The van der Waals surface area contributed by atoms with Crippen molar-refractivity contribution in [3.63, 3.8) is 0 Å². The lowest BCUT2D eigenvalue weighted by Gasteiger charge is -2.21. The Morgan fingerprint density at radius 3 is 2.30 bits per heavy atom. The first-order chi connectivity index (χ1) is 9.39. The zero-order valence-electron chi connectivity index (χ0n) is 11.0. The molecule has 0 atom stereocenters. The summed E-state index contributed by atoms with van der Waals surface area (Å²) in [5, 5.41) is 5.11. The number of amides is 1. The van der Waals surface area contributed by atoms with E-state index in [0.717, 1.165) is 25.7 Å². The smallest absolute Gasteiger partial charge is 0.255 e. The first-order valence-electron chi connectivity index (χ1n) is 6.51. The Kier molecular flexibility index (Phi) is 4.82. The van der Waals surface area contributed by atoms with Gasteiger partial charge >= 0.3 is 0 Å². The van der Waals surface area contributed by atoms with Gasteiger partial charge in [-0.2, -0.15) is 0 Å². The molecule has 1 heterocycles. The van der Waals surface area contributed by atoms with E-state index in [2.05, 4.69) is 15.9 Å². The lowest BCUT2D eigenvalue weighted by Crippen LogP contribution is -2.32.